The fraction of sp³-hybridized carbons (Fsp3) is 0.350. The molecule has 146 valence electrons. The summed E-state index contributed by atoms with van der Waals surface area (Å²) in [5, 5.41) is 10.9. The predicted octanol–water partition coefficient (Wildman–Crippen LogP) is 5.13. The maximum atomic E-state index is 14.0. The summed E-state index contributed by atoms with van der Waals surface area (Å²) in [6.45, 7) is 4.42. The number of rotatable bonds is 6. The van der Waals surface area contributed by atoms with Crippen LogP contribution >= 0.6 is 11.8 Å². The maximum Gasteiger partial charge on any atom is 0.425 e. The summed E-state index contributed by atoms with van der Waals surface area (Å²) < 4.78 is 42.1. The standard InChI is InChI=1S/C20H23F3N2OS/c1-5-25(3)13-24-17-12-18(27-4)16(11-14(17)2)19(26,20(21,22)23)15-9-7-6-8-10-15/h6-13,26H,5H2,1-4H3/b24-13+. The van der Waals surface area contributed by atoms with Gasteiger partial charge in [0.25, 0.3) is 0 Å². The molecule has 7 heteroatoms. The van der Waals surface area contributed by atoms with Gasteiger partial charge in [0.05, 0.1) is 12.0 Å². The number of hydrogen-bond donors (Lipinski definition) is 1. The highest BCUT2D eigenvalue weighted by molar-refractivity contribution is 7.98. The second-order valence-corrected chi connectivity index (χ2v) is 7.08. The van der Waals surface area contributed by atoms with Crippen molar-refractivity contribution in [1.82, 2.24) is 4.90 Å². The number of nitrogens with zero attached hydrogens (tertiary/aromatic N) is 2. The minimum absolute atomic E-state index is 0.186. The molecule has 0 aliphatic rings. The molecule has 0 fully saturated rings. The summed E-state index contributed by atoms with van der Waals surface area (Å²) in [5.74, 6) is 0. The summed E-state index contributed by atoms with van der Waals surface area (Å²) in [6.07, 6.45) is -1.56. The molecule has 2 aromatic carbocycles. The van der Waals surface area contributed by atoms with E-state index >= 15 is 0 Å². The molecule has 0 saturated carbocycles. The third-order valence-corrected chi connectivity index (χ3v) is 5.18. The van der Waals surface area contributed by atoms with Gasteiger partial charge in [-0.3, -0.25) is 0 Å². The number of aliphatic hydroxyl groups is 1. The molecule has 0 bridgehead atoms. The lowest BCUT2D eigenvalue weighted by Crippen LogP contribution is -2.43. The van der Waals surface area contributed by atoms with E-state index in [0.29, 0.717) is 16.1 Å². The molecule has 1 atom stereocenters. The summed E-state index contributed by atoms with van der Waals surface area (Å²) in [6, 6.07) is 10.1. The molecule has 0 aliphatic heterocycles. The average Bonchev–Trinajstić information content (AvgIpc) is 2.65. The normalized spacial score (nSPS) is 14.4. The van der Waals surface area contributed by atoms with Crippen LogP contribution in [0.5, 0.6) is 0 Å². The summed E-state index contributed by atoms with van der Waals surface area (Å²) in [7, 11) is 1.86. The number of thioether (sulfide) groups is 1. The largest absolute Gasteiger partial charge is 0.425 e. The minimum atomic E-state index is -4.88. The Morgan fingerprint density at radius 2 is 1.81 bits per heavy atom. The van der Waals surface area contributed by atoms with Crippen LogP contribution in [0.1, 0.15) is 23.6 Å². The molecule has 0 spiro atoms. The van der Waals surface area contributed by atoms with Gasteiger partial charge in [0.1, 0.15) is 0 Å². The third-order valence-electron chi connectivity index (χ3n) is 4.40. The zero-order valence-corrected chi connectivity index (χ0v) is 16.5. The SMILES string of the molecule is CCN(C)/C=N/c1cc(SC)c(C(O)(c2ccccc2)C(F)(F)F)cc1C. The number of aryl methyl sites for hydroxylation is 1. The van der Waals surface area contributed by atoms with Crippen molar-refractivity contribution < 1.29 is 18.3 Å². The first-order chi connectivity index (χ1) is 12.6. The molecule has 2 aromatic rings. The number of aliphatic imine (C=N–C) groups is 1. The molecule has 27 heavy (non-hydrogen) atoms. The minimum Gasteiger partial charge on any atom is -0.372 e. The molecule has 2 rings (SSSR count). The van der Waals surface area contributed by atoms with Crippen molar-refractivity contribution in [1.29, 1.82) is 0 Å². The first-order valence-electron chi connectivity index (χ1n) is 8.43. The molecule has 0 radical (unpaired) electrons. The second-order valence-electron chi connectivity index (χ2n) is 6.23. The second kappa shape index (κ2) is 8.35. The van der Waals surface area contributed by atoms with Crippen LogP contribution in [0.15, 0.2) is 52.4 Å². The lowest BCUT2D eigenvalue weighted by molar-refractivity contribution is -0.249. The molecule has 1 N–H and O–H groups in total. The molecular weight excluding hydrogens is 373 g/mol. The van der Waals surface area contributed by atoms with Crippen LogP contribution in [0.2, 0.25) is 0 Å². The van der Waals surface area contributed by atoms with E-state index in [4.69, 9.17) is 0 Å². The van der Waals surface area contributed by atoms with Crippen LogP contribution in [0.3, 0.4) is 0 Å². The van der Waals surface area contributed by atoms with E-state index in [2.05, 4.69) is 4.99 Å². The van der Waals surface area contributed by atoms with E-state index in [-0.39, 0.29) is 11.1 Å². The average molecular weight is 396 g/mol. The Bertz CT molecular complexity index is 809. The van der Waals surface area contributed by atoms with E-state index in [1.165, 1.54) is 30.3 Å². The highest BCUT2D eigenvalue weighted by atomic mass is 32.2. The fourth-order valence-corrected chi connectivity index (χ4v) is 3.32. The number of halogens is 3. The Labute approximate surface area is 161 Å². The number of benzene rings is 2. The Hall–Kier alpha value is -1.99. The van der Waals surface area contributed by atoms with Crippen LogP contribution in [-0.2, 0) is 5.60 Å². The van der Waals surface area contributed by atoms with Crippen LogP contribution in [0.4, 0.5) is 18.9 Å². The zero-order chi connectivity index (χ0) is 20.2. The molecule has 0 aliphatic carbocycles. The maximum absolute atomic E-state index is 14.0. The summed E-state index contributed by atoms with van der Waals surface area (Å²) >= 11 is 1.15. The van der Waals surface area contributed by atoms with Crippen molar-refractivity contribution in [3.05, 3.63) is 59.2 Å². The van der Waals surface area contributed by atoms with Gasteiger partial charge in [-0.15, -0.1) is 11.8 Å². The van der Waals surface area contributed by atoms with Crippen molar-refractivity contribution in [2.45, 2.75) is 30.5 Å². The highest BCUT2D eigenvalue weighted by Gasteiger charge is 2.57. The van der Waals surface area contributed by atoms with Gasteiger partial charge in [-0.05, 0) is 43.4 Å². The summed E-state index contributed by atoms with van der Waals surface area (Å²) in [5.41, 5.74) is -2.37. The molecule has 0 saturated heterocycles. The van der Waals surface area contributed by atoms with E-state index in [1.807, 2.05) is 18.9 Å². The smallest absolute Gasteiger partial charge is 0.372 e. The fourth-order valence-electron chi connectivity index (χ4n) is 2.66. The van der Waals surface area contributed by atoms with Gasteiger partial charge in [-0.25, -0.2) is 4.99 Å². The quantitative estimate of drug-likeness (QED) is 0.418. The third kappa shape index (κ3) is 4.30. The topological polar surface area (TPSA) is 35.8 Å². The van der Waals surface area contributed by atoms with Gasteiger partial charge in [0, 0.05) is 24.1 Å². The molecule has 0 aromatic heterocycles. The van der Waals surface area contributed by atoms with E-state index in [9.17, 15) is 18.3 Å². The van der Waals surface area contributed by atoms with Crippen LogP contribution < -0.4 is 0 Å². The van der Waals surface area contributed by atoms with Crippen LogP contribution in [0.25, 0.3) is 0 Å². The Balaban J connectivity index is 2.68. The first-order valence-corrected chi connectivity index (χ1v) is 9.65. The number of alkyl halides is 3. The molecule has 3 nitrogen and oxygen atoms in total. The van der Waals surface area contributed by atoms with Crippen LogP contribution in [0, 0.1) is 6.92 Å². The number of hydrogen-bond acceptors (Lipinski definition) is 3. The monoisotopic (exact) mass is 396 g/mol. The van der Waals surface area contributed by atoms with Crippen molar-refractivity contribution >= 4 is 23.8 Å². The zero-order valence-electron chi connectivity index (χ0n) is 15.7. The van der Waals surface area contributed by atoms with Crippen LogP contribution in [-0.4, -0.2) is 42.4 Å². The predicted molar refractivity (Wildman–Crippen MR) is 105 cm³/mol. The van der Waals surface area contributed by atoms with Crippen molar-refractivity contribution in [3.63, 3.8) is 0 Å². The Morgan fingerprint density at radius 3 is 2.33 bits per heavy atom. The van der Waals surface area contributed by atoms with Crippen molar-refractivity contribution in [2.24, 2.45) is 4.99 Å². The van der Waals surface area contributed by atoms with E-state index < -0.39 is 11.8 Å². The molecule has 1 unspecified atom stereocenters. The Morgan fingerprint density at radius 1 is 1.19 bits per heavy atom. The van der Waals surface area contributed by atoms with Gasteiger partial charge in [0.2, 0.25) is 5.60 Å². The van der Waals surface area contributed by atoms with Gasteiger partial charge in [-0.1, -0.05) is 30.3 Å². The first kappa shape index (κ1) is 21.3. The van der Waals surface area contributed by atoms with E-state index in [0.717, 1.165) is 18.3 Å². The van der Waals surface area contributed by atoms with Gasteiger partial charge < -0.3 is 10.0 Å². The summed E-state index contributed by atoms with van der Waals surface area (Å²) in [4.78, 5) is 6.56. The van der Waals surface area contributed by atoms with Crippen molar-refractivity contribution in [3.8, 4) is 0 Å². The molecular formula is C20H23F3N2OS. The molecule has 0 heterocycles. The Kier molecular flexibility index (Phi) is 6.59. The highest BCUT2D eigenvalue weighted by Crippen LogP contribution is 2.48. The lowest BCUT2D eigenvalue weighted by atomic mass is 9.84. The lowest BCUT2D eigenvalue weighted by Gasteiger charge is -2.33. The van der Waals surface area contributed by atoms with Gasteiger partial charge in [-0.2, -0.15) is 13.2 Å². The van der Waals surface area contributed by atoms with Gasteiger partial charge >= 0.3 is 6.18 Å². The molecule has 0 amide bonds. The van der Waals surface area contributed by atoms with E-state index in [1.54, 1.807) is 31.7 Å². The van der Waals surface area contributed by atoms with Crippen molar-refractivity contribution in [2.75, 3.05) is 19.8 Å². The van der Waals surface area contributed by atoms with Gasteiger partial charge in [0.15, 0.2) is 0 Å².